The van der Waals surface area contributed by atoms with Crippen LogP contribution in [-0.4, -0.2) is 11.1 Å². The number of benzene rings is 1. The van der Waals surface area contributed by atoms with Crippen LogP contribution in [0.4, 0.5) is 0 Å². The molecule has 1 aliphatic carbocycles. The van der Waals surface area contributed by atoms with Gasteiger partial charge in [-0.2, -0.15) is 0 Å². The van der Waals surface area contributed by atoms with Crippen molar-refractivity contribution >= 4 is 12.0 Å². The lowest BCUT2D eigenvalue weighted by atomic mass is 10.0. The summed E-state index contributed by atoms with van der Waals surface area (Å²) in [5.41, 5.74) is 4.04. The van der Waals surface area contributed by atoms with Crippen LogP contribution >= 0.6 is 0 Å². The summed E-state index contributed by atoms with van der Waals surface area (Å²) in [5.74, 6) is -0.800. The normalized spacial score (nSPS) is 13.4. The molecule has 2 nitrogen and oxygen atoms in total. The summed E-state index contributed by atoms with van der Waals surface area (Å²) in [6, 6.07) is 6.31. The number of aliphatic carboxylic acids is 1. The molecule has 0 aliphatic heterocycles. The van der Waals surface area contributed by atoms with Gasteiger partial charge in [-0.15, -0.1) is 0 Å². The predicted molar refractivity (Wildman–Crippen MR) is 64.4 cm³/mol. The topological polar surface area (TPSA) is 37.3 Å². The third kappa shape index (κ3) is 2.16. The monoisotopic (exact) mass is 216 g/mol. The first kappa shape index (κ1) is 10.9. The number of rotatable bonds is 4. The highest BCUT2D eigenvalue weighted by Crippen LogP contribution is 2.26. The molecule has 1 aromatic rings. The summed E-state index contributed by atoms with van der Waals surface area (Å²) in [7, 11) is 0. The zero-order chi connectivity index (χ0) is 11.5. The molecule has 0 aromatic heterocycles. The summed E-state index contributed by atoms with van der Waals surface area (Å²) in [4.78, 5) is 10.9. The van der Waals surface area contributed by atoms with Crippen LogP contribution in [0.15, 0.2) is 23.8 Å². The number of carboxylic acid groups (broad SMARTS) is 1. The summed E-state index contributed by atoms with van der Waals surface area (Å²) >= 11 is 0. The van der Waals surface area contributed by atoms with Gasteiger partial charge in [-0.1, -0.05) is 31.5 Å². The number of unbranched alkanes of at least 4 members (excludes halogenated alkanes) is 1. The number of aryl methyl sites for hydroxylation is 1. The quantitative estimate of drug-likeness (QED) is 0.839. The fourth-order valence-corrected chi connectivity index (χ4v) is 2.06. The van der Waals surface area contributed by atoms with Crippen molar-refractivity contribution in [3.8, 4) is 0 Å². The Balaban J connectivity index is 2.20. The molecular formula is C14H16O2. The van der Waals surface area contributed by atoms with Crippen molar-refractivity contribution in [3.05, 3.63) is 40.5 Å². The van der Waals surface area contributed by atoms with Gasteiger partial charge in [0.15, 0.2) is 0 Å². The van der Waals surface area contributed by atoms with E-state index in [-0.39, 0.29) is 0 Å². The molecule has 0 atom stereocenters. The average molecular weight is 216 g/mol. The van der Waals surface area contributed by atoms with Crippen molar-refractivity contribution < 1.29 is 9.90 Å². The molecule has 0 spiro atoms. The van der Waals surface area contributed by atoms with Gasteiger partial charge in [0.25, 0.3) is 0 Å². The van der Waals surface area contributed by atoms with Crippen LogP contribution in [0.1, 0.15) is 36.5 Å². The van der Waals surface area contributed by atoms with Gasteiger partial charge in [0.2, 0.25) is 0 Å². The summed E-state index contributed by atoms with van der Waals surface area (Å²) in [6.07, 6.45) is 5.83. The van der Waals surface area contributed by atoms with Gasteiger partial charge >= 0.3 is 5.97 Å². The Bertz CT molecular complexity index is 444. The molecule has 2 rings (SSSR count). The highest BCUT2D eigenvalue weighted by molar-refractivity contribution is 5.95. The number of hydrogen-bond acceptors (Lipinski definition) is 1. The first-order valence-corrected chi connectivity index (χ1v) is 5.76. The Labute approximate surface area is 95.6 Å². The molecule has 0 saturated carbocycles. The van der Waals surface area contributed by atoms with Crippen molar-refractivity contribution in [1.82, 2.24) is 0 Å². The molecule has 84 valence electrons. The molecule has 1 aromatic carbocycles. The molecule has 1 aliphatic rings. The Hall–Kier alpha value is -1.57. The van der Waals surface area contributed by atoms with Crippen molar-refractivity contribution in [2.75, 3.05) is 0 Å². The van der Waals surface area contributed by atoms with Gasteiger partial charge in [0.05, 0.1) is 0 Å². The smallest absolute Gasteiger partial charge is 0.331 e. The molecule has 0 heterocycles. The lowest BCUT2D eigenvalue weighted by Gasteiger charge is -2.03. The lowest BCUT2D eigenvalue weighted by molar-refractivity contribution is -0.132. The van der Waals surface area contributed by atoms with Crippen LogP contribution in [0, 0.1) is 0 Å². The zero-order valence-electron chi connectivity index (χ0n) is 9.49. The minimum absolute atomic E-state index is 0.502. The van der Waals surface area contributed by atoms with Gasteiger partial charge in [0, 0.05) is 12.0 Å². The Kier molecular flexibility index (Phi) is 3.09. The van der Waals surface area contributed by atoms with E-state index in [0.717, 1.165) is 17.5 Å². The SMILES string of the molecule is CCCCc1ccc2c(c1)C=C(C(=O)O)C2. The molecule has 2 heteroatoms. The van der Waals surface area contributed by atoms with Crippen LogP contribution in [0.3, 0.4) is 0 Å². The molecule has 16 heavy (non-hydrogen) atoms. The molecule has 1 N–H and O–H groups in total. The van der Waals surface area contributed by atoms with Gasteiger partial charge in [0.1, 0.15) is 0 Å². The molecule has 0 bridgehead atoms. The average Bonchev–Trinajstić information content (AvgIpc) is 2.69. The molecule has 0 saturated heterocycles. The van der Waals surface area contributed by atoms with Crippen LogP contribution in [0.5, 0.6) is 0 Å². The van der Waals surface area contributed by atoms with Crippen molar-refractivity contribution in [3.63, 3.8) is 0 Å². The highest BCUT2D eigenvalue weighted by atomic mass is 16.4. The molecule has 0 unspecified atom stereocenters. The second-order valence-corrected chi connectivity index (χ2v) is 4.29. The maximum Gasteiger partial charge on any atom is 0.331 e. The third-order valence-corrected chi connectivity index (χ3v) is 3.01. The van der Waals surface area contributed by atoms with Crippen LogP contribution in [0.2, 0.25) is 0 Å². The maximum absolute atomic E-state index is 10.9. The predicted octanol–water partition coefficient (Wildman–Crippen LogP) is 3.05. The zero-order valence-corrected chi connectivity index (χ0v) is 9.49. The second kappa shape index (κ2) is 4.52. The van der Waals surface area contributed by atoms with E-state index in [0.29, 0.717) is 12.0 Å². The number of carbonyl (C=O) groups is 1. The first-order chi connectivity index (χ1) is 7.70. The minimum atomic E-state index is -0.800. The number of hydrogen-bond donors (Lipinski definition) is 1. The summed E-state index contributed by atoms with van der Waals surface area (Å²) in [5, 5.41) is 8.93. The van der Waals surface area contributed by atoms with E-state index < -0.39 is 5.97 Å². The fraction of sp³-hybridized carbons (Fsp3) is 0.357. The molecule has 0 amide bonds. The van der Waals surface area contributed by atoms with E-state index in [1.807, 2.05) is 0 Å². The molecule has 0 radical (unpaired) electrons. The largest absolute Gasteiger partial charge is 0.478 e. The lowest BCUT2D eigenvalue weighted by Crippen LogP contribution is -1.99. The second-order valence-electron chi connectivity index (χ2n) is 4.29. The van der Waals surface area contributed by atoms with Crippen molar-refractivity contribution in [1.29, 1.82) is 0 Å². The Morgan fingerprint density at radius 2 is 2.25 bits per heavy atom. The van der Waals surface area contributed by atoms with Crippen LogP contribution in [-0.2, 0) is 17.6 Å². The van der Waals surface area contributed by atoms with Gasteiger partial charge in [-0.3, -0.25) is 0 Å². The maximum atomic E-state index is 10.9. The van der Waals surface area contributed by atoms with Gasteiger partial charge < -0.3 is 5.11 Å². The standard InChI is InChI=1S/C14H16O2/c1-2-3-4-10-5-6-11-8-13(14(15)16)9-12(11)7-10/h5-7,9H,2-4,8H2,1H3,(H,15,16). The van der Waals surface area contributed by atoms with E-state index in [4.69, 9.17) is 5.11 Å². The minimum Gasteiger partial charge on any atom is -0.478 e. The van der Waals surface area contributed by atoms with Crippen molar-refractivity contribution in [2.45, 2.75) is 32.6 Å². The van der Waals surface area contributed by atoms with Crippen LogP contribution in [0.25, 0.3) is 6.08 Å². The number of carboxylic acids is 1. The van der Waals surface area contributed by atoms with E-state index in [9.17, 15) is 4.79 Å². The summed E-state index contributed by atoms with van der Waals surface area (Å²) < 4.78 is 0. The highest BCUT2D eigenvalue weighted by Gasteiger charge is 2.17. The third-order valence-electron chi connectivity index (χ3n) is 3.01. The van der Waals surface area contributed by atoms with E-state index >= 15 is 0 Å². The van der Waals surface area contributed by atoms with Crippen molar-refractivity contribution in [2.24, 2.45) is 0 Å². The van der Waals surface area contributed by atoms with E-state index in [1.165, 1.54) is 18.4 Å². The fourth-order valence-electron chi connectivity index (χ4n) is 2.06. The molecule has 0 fully saturated rings. The van der Waals surface area contributed by atoms with E-state index in [2.05, 4.69) is 25.1 Å². The summed E-state index contributed by atoms with van der Waals surface area (Å²) in [6.45, 7) is 2.18. The Morgan fingerprint density at radius 1 is 1.44 bits per heavy atom. The number of fused-ring (bicyclic) bond motifs is 1. The van der Waals surface area contributed by atoms with Gasteiger partial charge in [-0.25, -0.2) is 4.79 Å². The molecular weight excluding hydrogens is 200 g/mol. The Morgan fingerprint density at radius 3 is 2.94 bits per heavy atom. The van der Waals surface area contributed by atoms with E-state index in [1.54, 1.807) is 6.08 Å². The van der Waals surface area contributed by atoms with Gasteiger partial charge in [-0.05, 0) is 35.6 Å². The van der Waals surface area contributed by atoms with Crippen LogP contribution < -0.4 is 0 Å². The first-order valence-electron chi connectivity index (χ1n) is 5.76.